The van der Waals surface area contributed by atoms with Crippen molar-refractivity contribution in [2.24, 2.45) is 0 Å². The Balaban J connectivity index is 1.93. The highest BCUT2D eigenvalue weighted by molar-refractivity contribution is 6.08. The van der Waals surface area contributed by atoms with Crippen LogP contribution < -0.4 is 15.4 Å². The summed E-state index contributed by atoms with van der Waals surface area (Å²) in [5.41, 5.74) is 9.50. The molecule has 2 aromatic rings. The Hall–Kier alpha value is -3.53. The molecule has 0 saturated carbocycles. The van der Waals surface area contributed by atoms with E-state index in [9.17, 15) is 0 Å². The summed E-state index contributed by atoms with van der Waals surface area (Å²) in [5.74, 6) is 1.64. The summed E-state index contributed by atoms with van der Waals surface area (Å²) in [6.07, 6.45) is 2.25. The Morgan fingerprint density at radius 2 is 1.66 bits per heavy atom. The summed E-state index contributed by atoms with van der Waals surface area (Å²) in [5, 5.41) is 13.3. The fourth-order valence-corrected chi connectivity index (χ4v) is 5.17. The molecule has 0 saturated heterocycles. The van der Waals surface area contributed by atoms with Gasteiger partial charge in [-0.1, -0.05) is 6.08 Å². The second kappa shape index (κ2) is 6.99. The summed E-state index contributed by atoms with van der Waals surface area (Å²) >= 11 is 0. The van der Waals surface area contributed by atoms with E-state index in [-0.39, 0.29) is 5.54 Å². The van der Waals surface area contributed by atoms with Gasteiger partial charge in [-0.15, -0.1) is 0 Å². The minimum atomic E-state index is -0.122. The lowest BCUT2D eigenvalue weighted by Gasteiger charge is -2.32. The van der Waals surface area contributed by atoms with Crippen LogP contribution in [-0.4, -0.2) is 12.6 Å². The lowest BCUT2D eigenvalue weighted by atomic mass is 9.86. The van der Waals surface area contributed by atoms with Gasteiger partial charge in [0.2, 0.25) is 0 Å². The number of anilines is 1. The standard InChI is InChI=1S/C28H28N2O2/c1-15-11-18(12-16(2)26(15)31-6)25-20-8-7-19(29)13-23(20)32-27-21(25)9-10-22-24(27)17(3)14-28(4,5)30-22/h7-14,29-30H,1-6H3. The number of allylic oxidation sites excluding steroid dienone is 1. The van der Waals surface area contributed by atoms with Crippen molar-refractivity contribution >= 4 is 22.2 Å². The normalized spacial score (nSPS) is 14.8. The lowest BCUT2D eigenvalue weighted by molar-refractivity contribution is 0.408. The van der Waals surface area contributed by atoms with E-state index in [1.165, 1.54) is 5.57 Å². The third-order valence-electron chi connectivity index (χ3n) is 6.27. The lowest BCUT2D eigenvalue weighted by Crippen LogP contribution is -2.31. The van der Waals surface area contributed by atoms with Crippen molar-refractivity contribution in [3.63, 3.8) is 0 Å². The van der Waals surface area contributed by atoms with Gasteiger partial charge in [-0.2, -0.15) is 0 Å². The molecule has 0 amide bonds. The third-order valence-corrected chi connectivity index (χ3v) is 6.27. The highest BCUT2D eigenvalue weighted by Gasteiger charge is 2.27. The number of nitrogens with one attached hydrogen (secondary N) is 2. The molecule has 2 aromatic carbocycles. The average molecular weight is 425 g/mol. The van der Waals surface area contributed by atoms with Gasteiger partial charge >= 0.3 is 0 Å². The van der Waals surface area contributed by atoms with Gasteiger partial charge in [0, 0.05) is 33.8 Å². The quantitative estimate of drug-likeness (QED) is 0.344. The van der Waals surface area contributed by atoms with Crippen LogP contribution in [0.25, 0.3) is 39.0 Å². The van der Waals surface area contributed by atoms with E-state index in [4.69, 9.17) is 14.6 Å². The van der Waals surface area contributed by atoms with Crippen LogP contribution in [-0.2, 0) is 0 Å². The first-order valence-electron chi connectivity index (χ1n) is 10.9. The van der Waals surface area contributed by atoms with Crippen LogP contribution >= 0.6 is 0 Å². The zero-order valence-corrected chi connectivity index (χ0v) is 19.4. The molecule has 32 heavy (non-hydrogen) atoms. The van der Waals surface area contributed by atoms with Gasteiger partial charge in [0.05, 0.1) is 18.0 Å². The molecule has 0 spiro atoms. The minimum Gasteiger partial charge on any atom is -0.496 e. The summed E-state index contributed by atoms with van der Waals surface area (Å²) < 4.78 is 12.1. The number of benzene rings is 3. The van der Waals surface area contributed by atoms with Gasteiger partial charge in [-0.05, 0) is 93.3 Å². The first kappa shape index (κ1) is 20.4. The molecule has 0 atom stereocenters. The van der Waals surface area contributed by atoms with E-state index in [1.807, 2.05) is 12.1 Å². The van der Waals surface area contributed by atoms with Crippen LogP contribution in [0.1, 0.15) is 37.5 Å². The molecule has 1 aliphatic carbocycles. The third kappa shape index (κ3) is 3.10. The number of methoxy groups -OCH3 is 1. The molecular weight excluding hydrogens is 396 g/mol. The summed E-state index contributed by atoms with van der Waals surface area (Å²) in [4.78, 5) is 0. The maximum absolute atomic E-state index is 8.16. The number of fused-ring (bicyclic) bond motifs is 4. The van der Waals surface area contributed by atoms with Crippen LogP contribution in [0.2, 0.25) is 0 Å². The van der Waals surface area contributed by atoms with Crippen molar-refractivity contribution in [3.8, 4) is 28.2 Å². The molecule has 162 valence electrons. The van der Waals surface area contributed by atoms with Crippen LogP contribution in [0.5, 0.6) is 5.75 Å². The fraction of sp³-hybridized carbons (Fsp3) is 0.250. The summed E-state index contributed by atoms with van der Waals surface area (Å²) in [6.45, 7) is 10.6. The van der Waals surface area contributed by atoms with Crippen LogP contribution in [0.3, 0.4) is 0 Å². The fourth-order valence-electron chi connectivity index (χ4n) is 5.17. The molecule has 0 fully saturated rings. The Labute approximate surface area is 188 Å². The first-order valence-corrected chi connectivity index (χ1v) is 10.9. The van der Waals surface area contributed by atoms with E-state index < -0.39 is 0 Å². The molecule has 2 N–H and O–H groups in total. The summed E-state index contributed by atoms with van der Waals surface area (Å²) in [7, 11) is 1.72. The largest absolute Gasteiger partial charge is 0.496 e. The molecule has 4 heteroatoms. The SMILES string of the molecule is COc1c(C)cc(-c2c3ccc(=N)cc-3oc3c4c(ccc23)NC(C)(C)C=C4C)cc1C. The molecule has 2 heterocycles. The maximum Gasteiger partial charge on any atom is 0.144 e. The van der Waals surface area contributed by atoms with E-state index in [1.54, 1.807) is 13.2 Å². The predicted octanol–water partition coefficient (Wildman–Crippen LogP) is 6.92. The Morgan fingerprint density at radius 3 is 2.34 bits per heavy atom. The van der Waals surface area contributed by atoms with Gasteiger partial charge < -0.3 is 19.9 Å². The number of hydrogen-bond donors (Lipinski definition) is 2. The second-order valence-electron chi connectivity index (χ2n) is 9.37. The second-order valence-corrected chi connectivity index (χ2v) is 9.37. The van der Waals surface area contributed by atoms with Crippen molar-refractivity contribution in [1.29, 1.82) is 5.41 Å². The molecule has 3 aliphatic rings. The maximum atomic E-state index is 8.16. The predicted molar refractivity (Wildman–Crippen MR) is 132 cm³/mol. The molecule has 2 aliphatic heterocycles. The van der Waals surface area contributed by atoms with Crippen molar-refractivity contribution < 1.29 is 9.15 Å². The molecular formula is C28H28N2O2. The van der Waals surface area contributed by atoms with Gasteiger partial charge in [-0.25, -0.2) is 0 Å². The highest BCUT2D eigenvalue weighted by Crippen LogP contribution is 2.46. The van der Waals surface area contributed by atoms with Crippen LogP contribution in [0, 0.1) is 19.3 Å². The zero-order chi connectivity index (χ0) is 22.8. The van der Waals surface area contributed by atoms with Gasteiger partial charge in [-0.3, -0.25) is 0 Å². The number of rotatable bonds is 2. The first-order chi connectivity index (χ1) is 15.2. The van der Waals surface area contributed by atoms with Crippen molar-refractivity contribution in [1.82, 2.24) is 0 Å². The van der Waals surface area contributed by atoms with E-state index in [0.29, 0.717) is 5.36 Å². The Morgan fingerprint density at radius 1 is 0.938 bits per heavy atom. The van der Waals surface area contributed by atoms with E-state index >= 15 is 0 Å². The number of hydrogen-bond acceptors (Lipinski definition) is 4. The minimum absolute atomic E-state index is 0.122. The smallest absolute Gasteiger partial charge is 0.144 e. The van der Waals surface area contributed by atoms with Crippen molar-refractivity contribution in [3.05, 3.63) is 70.6 Å². The topological polar surface area (TPSA) is 58.2 Å². The van der Waals surface area contributed by atoms with E-state index in [2.05, 4.69) is 70.3 Å². The summed E-state index contributed by atoms with van der Waals surface area (Å²) in [6, 6.07) is 14.3. The van der Waals surface area contributed by atoms with Crippen molar-refractivity contribution in [2.75, 3.05) is 12.4 Å². The zero-order valence-electron chi connectivity index (χ0n) is 19.4. The van der Waals surface area contributed by atoms with E-state index in [0.717, 1.165) is 61.5 Å². The van der Waals surface area contributed by atoms with Gasteiger partial charge in [0.25, 0.3) is 0 Å². The Bertz CT molecular complexity index is 1430. The Kier molecular flexibility index (Phi) is 4.45. The van der Waals surface area contributed by atoms with Gasteiger partial charge in [0.15, 0.2) is 0 Å². The van der Waals surface area contributed by atoms with Crippen LogP contribution in [0.15, 0.2) is 53.0 Å². The number of ether oxygens (including phenoxy) is 1. The van der Waals surface area contributed by atoms with Crippen molar-refractivity contribution in [2.45, 2.75) is 40.2 Å². The molecule has 0 unspecified atom stereocenters. The van der Waals surface area contributed by atoms with Crippen LogP contribution in [0.4, 0.5) is 5.69 Å². The molecule has 0 aromatic heterocycles. The monoisotopic (exact) mass is 424 g/mol. The molecule has 5 rings (SSSR count). The molecule has 4 nitrogen and oxygen atoms in total. The van der Waals surface area contributed by atoms with Gasteiger partial charge in [0.1, 0.15) is 17.1 Å². The number of aryl methyl sites for hydroxylation is 2. The molecule has 0 radical (unpaired) electrons. The molecule has 0 bridgehead atoms. The average Bonchev–Trinajstić information content (AvgIpc) is 2.70. The highest BCUT2D eigenvalue weighted by atomic mass is 16.5.